The van der Waals surface area contributed by atoms with Gasteiger partial charge in [0.25, 0.3) is 0 Å². The van der Waals surface area contributed by atoms with Crippen LogP contribution in [0.4, 0.5) is 0 Å². The Labute approximate surface area is 86.3 Å². The van der Waals surface area contributed by atoms with E-state index in [0.717, 1.165) is 10.8 Å². The summed E-state index contributed by atoms with van der Waals surface area (Å²) >= 11 is 0. The molecule has 0 saturated heterocycles. The van der Waals surface area contributed by atoms with Crippen LogP contribution in [0.5, 0.6) is 0 Å². The maximum absolute atomic E-state index is 4.04. The Morgan fingerprint density at radius 2 is 2.00 bits per heavy atom. The lowest BCUT2D eigenvalue weighted by Gasteiger charge is -2.04. The molecule has 0 aliphatic heterocycles. The third kappa shape index (κ3) is 2.59. The maximum Gasteiger partial charge on any atom is -0.0187 e. The fourth-order valence-electron chi connectivity index (χ4n) is 1.39. The van der Waals surface area contributed by atoms with Gasteiger partial charge in [0.2, 0.25) is 0 Å². The third-order valence-corrected chi connectivity index (χ3v) is 2.24. The second-order valence-electron chi connectivity index (χ2n) is 4.10. The second-order valence-corrected chi connectivity index (χ2v) is 4.10. The van der Waals surface area contributed by atoms with Crippen molar-refractivity contribution in [2.24, 2.45) is 0 Å². The average Bonchev–Trinajstić information content (AvgIpc) is 2.07. The summed E-state index contributed by atoms with van der Waals surface area (Å²) in [5, 5.41) is 2.25. The van der Waals surface area contributed by atoms with Gasteiger partial charge in [0.05, 0.1) is 0 Å². The molecule has 0 bridgehead atoms. The van der Waals surface area contributed by atoms with Gasteiger partial charge in [0, 0.05) is 0 Å². The molecule has 0 aliphatic rings. The molecule has 0 nitrogen and oxygen atoms in total. The quantitative estimate of drug-likeness (QED) is 0.666. The van der Waals surface area contributed by atoms with Gasteiger partial charge in [-0.3, -0.25) is 0 Å². The molecule has 0 unspecified atom stereocenters. The van der Waals surface area contributed by atoms with Gasteiger partial charge in [0.15, 0.2) is 0 Å². The van der Waals surface area contributed by atoms with Crippen LogP contribution >= 0.6 is 0 Å². The Morgan fingerprint density at radius 3 is 2.43 bits per heavy atom. The summed E-state index contributed by atoms with van der Waals surface area (Å²) < 4.78 is 0. The molecule has 0 amide bonds. The van der Waals surface area contributed by atoms with Crippen molar-refractivity contribution in [2.45, 2.75) is 26.7 Å². The van der Waals surface area contributed by atoms with Crippen LogP contribution < -0.4 is 10.4 Å². The van der Waals surface area contributed by atoms with E-state index >= 15 is 0 Å². The number of rotatable bonds is 2. The number of hydrogen-bond acceptors (Lipinski definition) is 0. The van der Waals surface area contributed by atoms with E-state index in [2.05, 4.69) is 51.3 Å². The Hall–Kier alpha value is -1.30. The molecule has 0 N–H and O–H groups in total. The highest BCUT2D eigenvalue weighted by Crippen LogP contribution is 2.09. The average molecular weight is 186 g/mol. The zero-order chi connectivity index (χ0) is 10.7. The van der Waals surface area contributed by atoms with Crippen molar-refractivity contribution in [3.05, 3.63) is 46.4 Å². The number of allylic oxidation sites excluding steroid dienone is 1. The van der Waals surface area contributed by atoms with E-state index in [0.29, 0.717) is 5.92 Å². The Kier molecular flexibility index (Phi) is 3.29. The summed E-state index contributed by atoms with van der Waals surface area (Å²) in [5.41, 5.74) is 2.40. The summed E-state index contributed by atoms with van der Waals surface area (Å²) in [6.07, 6.45) is 2.06. The lowest BCUT2D eigenvalue weighted by atomic mass is 10.0. The molecule has 1 aromatic carbocycles. The first kappa shape index (κ1) is 10.8. The predicted octanol–water partition coefficient (Wildman–Crippen LogP) is 2.58. The van der Waals surface area contributed by atoms with Gasteiger partial charge in [-0.05, 0) is 28.8 Å². The van der Waals surface area contributed by atoms with Crippen LogP contribution in [0.15, 0.2) is 30.4 Å². The summed E-state index contributed by atoms with van der Waals surface area (Å²) in [7, 11) is 0. The molecule has 0 aliphatic carbocycles. The SMILES string of the molecule is C=C(C)/C=c1/ccc(C(C)C)cc1=C. The van der Waals surface area contributed by atoms with Crippen molar-refractivity contribution >= 4 is 12.7 Å². The fourth-order valence-corrected chi connectivity index (χ4v) is 1.39. The Bertz CT molecular complexity index is 436. The van der Waals surface area contributed by atoms with Gasteiger partial charge in [-0.25, -0.2) is 0 Å². The first-order valence-corrected chi connectivity index (χ1v) is 4.97. The van der Waals surface area contributed by atoms with Crippen molar-refractivity contribution in [1.29, 1.82) is 0 Å². The van der Waals surface area contributed by atoms with Crippen molar-refractivity contribution < 1.29 is 0 Å². The van der Waals surface area contributed by atoms with Crippen molar-refractivity contribution in [1.82, 2.24) is 0 Å². The monoisotopic (exact) mass is 186 g/mol. The molecular weight excluding hydrogens is 168 g/mol. The van der Waals surface area contributed by atoms with E-state index in [1.807, 2.05) is 6.92 Å². The van der Waals surface area contributed by atoms with E-state index in [9.17, 15) is 0 Å². The third-order valence-electron chi connectivity index (χ3n) is 2.24. The first-order chi connectivity index (χ1) is 6.50. The van der Waals surface area contributed by atoms with Crippen LogP contribution in [0, 0.1) is 0 Å². The van der Waals surface area contributed by atoms with Gasteiger partial charge in [0.1, 0.15) is 0 Å². The molecule has 1 rings (SSSR count). The molecule has 0 atom stereocenters. The van der Waals surface area contributed by atoms with Gasteiger partial charge < -0.3 is 0 Å². The molecule has 0 spiro atoms. The molecular formula is C14H18. The summed E-state index contributed by atoms with van der Waals surface area (Å²) in [4.78, 5) is 0. The largest absolute Gasteiger partial charge is 0.0961 e. The fraction of sp³-hybridized carbons (Fsp3) is 0.286. The van der Waals surface area contributed by atoms with E-state index in [1.165, 1.54) is 10.8 Å². The Morgan fingerprint density at radius 1 is 1.36 bits per heavy atom. The van der Waals surface area contributed by atoms with Crippen LogP contribution in [0.2, 0.25) is 0 Å². The van der Waals surface area contributed by atoms with Gasteiger partial charge in [-0.15, -0.1) is 0 Å². The zero-order valence-corrected chi connectivity index (χ0v) is 9.30. The van der Waals surface area contributed by atoms with Crippen LogP contribution in [0.1, 0.15) is 32.3 Å². The molecule has 74 valence electrons. The molecule has 0 heteroatoms. The van der Waals surface area contributed by atoms with E-state index in [-0.39, 0.29) is 0 Å². The molecule has 14 heavy (non-hydrogen) atoms. The molecule has 0 saturated carbocycles. The minimum atomic E-state index is 0.564. The lowest BCUT2D eigenvalue weighted by Crippen LogP contribution is -2.23. The second kappa shape index (κ2) is 4.28. The minimum absolute atomic E-state index is 0.564. The van der Waals surface area contributed by atoms with E-state index in [4.69, 9.17) is 0 Å². The molecule has 0 aromatic heterocycles. The van der Waals surface area contributed by atoms with Gasteiger partial charge >= 0.3 is 0 Å². The number of hydrogen-bond donors (Lipinski definition) is 0. The molecule has 1 aromatic rings. The normalized spacial score (nSPS) is 12.1. The smallest absolute Gasteiger partial charge is 0.0187 e. The van der Waals surface area contributed by atoms with Crippen molar-refractivity contribution in [2.75, 3.05) is 0 Å². The molecule has 0 heterocycles. The van der Waals surface area contributed by atoms with E-state index in [1.54, 1.807) is 0 Å². The molecule has 0 radical (unpaired) electrons. The standard InChI is InChI=1S/C14H18/c1-10(2)8-14-7-6-13(11(3)4)9-12(14)5/h6-9,11H,1,5H2,2-4H3/b14-8-. The van der Waals surface area contributed by atoms with Crippen molar-refractivity contribution in [3.63, 3.8) is 0 Å². The maximum atomic E-state index is 4.04. The zero-order valence-electron chi connectivity index (χ0n) is 9.30. The first-order valence-electron chi connectivity index (χ1n) is 4.97. The predicted molar refractivity (Wildman–Crippen MR) is 64.6 cm³/mol. The Balaban J connectivity index is 3.28. The van der Waals surface area contributed by atoms with Crippen molar-refractivity contribution in [3.8, 4) is 0 Å². The summed E-state index contributed by atoms with van der Waals surface area (Å²) in [6, 6.07) is 6.43. The highest BCUT2D eigenvalue weighted by Gasteiger charge is 1.96. The van der Waals surface area contributed by atoms with Gasteiger partial charge in [-0.1, -0.05) is 56.9 Å². The topological polar surface area (TPSA) is 0 Å². The minimum Gasteiger partial charge on any atom is -0.0961 e. The molecule has 0 fully saturated rings. The number of benzene rings is 1. The summed E-state index contributed by atoms with van der Waals surface area (Å²) in [5.74, 6) is 0.564. The van der Waals surface area contributed by atoms with Gasteiger partial charge in [-0.2, -0.15) is 0 Å². The van der Waals surface area contributed by atoms with E-state index < -0.39 is 0 Å². The van der Waals surface area contributed by atoms with Crippen LogP contribution in [-0.4, -0.2) is 0 Å². The highest BCUT2D eigenvalue weighted by molar-refractivity contribution is 5.44. The van der Waals surface area contributed by atoms with Crippen LogP contribution in [-0.2, 0) is 0 Å². The summed E-state index contributed by atoms with van der Waals surface area (Å²) in [6.45, 7) is 14.3. The van der Waals surface area contributed by atoms with Crippen LogP contribution in [0.3, 0.4) is 0 Å². The highest BCUT2D eigenvalue weighted by atomic mass is 14.0. The van der Waals surface area contributed by atoms with Crippen LogP contribution in [0.25, 0.3) is 12.7 Å². The lowest BCUT2D eigenvalue weighted by molar-refractivity contribution is 0.864.